The molecule has 1 aromatic rings. The minimum Gasteiger partial charge on any atom is -0.473 e. The molecule has 1 heterocycles. The molecule has 0 unspecified atom stereocenters. The molecule has 0 saturated heterocycles. The Morgan fingerprint density at radius 3 is 3.00 bits per heavy atom. The summed E-state index contributed by atoms with van der Waals surface area (Å²) in [7, 11) is 0. The quantitative estimate of drug-likeness (QED) is 0.442. The molecule has 2 N–H and O–H groups in total. The molecule has 0 aliphatic heterocycles. The molecule has 0 fully saturated rings. The van der Waals surface area contributed by atoms with Crippen molar-refractivity contribution < 1.29 is 9.66 Å². The van der Waals surface area contributed by atoms with Crippen molar-refractivity contribution >= 4 is 5.69 Å². The number of aromatic nitrogens is 1. The van der Waals surface area contributed by atoms with Gasteiger partial charge in [-0.2, -0.15) is 5.26 Å². The molecule has 0 amide bonds. The SMILES string of the molecule is N#Cc1ccnc(OCCCN)c1[N+](=O)[O-]. The average Bonchev–Trinajstić information content (AvgIpc) is 2.28. The molecule has 0 atom stereocenters. The number of nitriles is 1. The van der Waals surface area contributed by atoms with Crippen LogP contribution in [0, 0.1) is 21.4 Å². The maximum Gasteiger partial charge on any atom is 0.348 e. The van der Waals surface area contributed by atoms with Gasteiger partial charge >= 0.3 is 5.69 Å². The lowest BCUT2D eigenvalue weighted by Crippen LogP contribution is -2.08. The smallest absolute Gasteiger partial charge is 0.348 e. The lowest BCUT2D eigenvalue weighted by molar-refractivity contribution is -0.386. The van der Waals surface area contributed by atoms with Crippen LogP contribution in [0.5, 0.6) is 5.88 Å². The van der Waals surface area contributed by atoms with Crippen molar-refractivity contribution in [1.29, 1.82) is 5.26 Å². The topological polar surface area (TPSA) is 115 Å². The molecule has 1 rings (SSSR count). The van der Waals surface area contributed by atoms with Gasteiger partial charge in [-0.05, 0) is 19.0 Å². The van der Waals surface area contributed by atoms with E-state index in [2.05, 4.69) is 4.98 Å². The van der Waals surface area contributed by atoms with E-state index in [9.17, 15) is 10.1 Å². The zero-order valence-electron chi connectivity index (χ0n) is 8.42. The van der Waals surface area contributed by atoms with Crippen molar-refractivity contribution in [2.75, 3.05) is 13.2 Å². The standard InChI is InChI=1S/C9H10N4O3/c10-3-1-5-16-9-8(13(14)15)7(6-11)2-4-12-9/h2,4H,1,3,5,10H2. The number of ether oxygens (including phenoxy) is 1. The second-order valence-electron chi connectivity index (χ2n) is 2.87. The summed E-state index contributed by atoms with van der Waals surface area (Å²) < 4.78 is 5.10. The molecule has 0 aromatic carbocycles. The molecule has 0 aliphatic carbocycles. The Bertz CT molecular complexity index is 427. The monoisotopic (exact) mass is 222 g/mol. The third kappa shape index (κ3) is 2.65. The third-order valence-corrected chi connectivity index (χ3v) is 1.78. The second kappa shape index (κ2) is 5.63. The van der Waals surface area contributed by atoms with Gasteiger partial charge in [-0.15, -0.1) is 0 Å². The van der Waals surface area contributed by atoms with Crippen LogP contribution in [0.2, 0.25) is 0 Å². The van der Waals surface area contributed by atoms with Gasteiger partial charge in [-0.25, -0.2) is 4.98 Å². The van der Waals surface area contributed by atoms with Crippen LogP contribution in [0.15, 0.2) is 12.3 Å². The fourth-order valence-electron chi connectivity index (χ4n) is 1.06. The molecule has 1 aromatic heterocycles. The molecular formula is C9H10N4O3. The Kier molecular flexibility index (Phi) is 4.17. The van der Waals surface area contributed by atoms with E-state index in [1.165, 1.54) is 12.3 Å². The Morgan fingerprint density at radius 1 is 1.69 bits per heavy atom. The molecule has 0 spiro atoms. The number of nitrogens with two attached hydrogens (primary N) is 1. The van der Waals surface area contributed by atoms with E-state index in [4.69, 9.17) is 15.7 Å². The van der Waals surface area contributed by atoms with Gasteiger partial charge in [0, 0.05) is 6.20 Å². The average molecular weight is 222 g/mol. The summed E-state index contributed by atoms with van der Waals surface area (Å²) in [5.41, 5.74) is 4.79. The summed E-state index contributed by atoms with van der Waals surface area (Å²) in [4.78, 5) is 13.8. The van der Waals surface area contributed by atoms with Gasteiger partial charge in [0.1, 0.15) is 11.6 Å². The van der Waals surface area contributed by atoms with Crippen LogP contribution in [0.3, 0.4) is 0 Å². The molecule has 7 nitrogen and oxygen atoms in total. The first-order valence-electron chi connectivity index (χ1n) is 4.57. The fraction of sp³-hybridized carbons (Fsp3) is 0.333. The van der Waals surface area contributed by atoms with E-state index in [0.29, 0.717) is 13.0 Å². The van der Waals surface area contributed by atoms with Crippen molar-refractivity contribution in [3.8, 4) is 11.9 Å². The van der Waals surface area contributed by atoms with E-state index >= 15 is 0 Å². The van der Waals surface area contributed by atoms with Gasteiger partial charge in [0.25, 0.3) is 5.88 Å². The van der Waals surface area contributed by atoms with E-state index in [1.54, 1.807) is 6.07 Å². The highest BCUT2D eigenvalue weighted by molar-refractivity contribution is 5.54. The van der Waals surface area contributed by atoms with Gasteiger partial charge in [-0.3, -0.25) is 10.1 Å². The van der Waals surface area contributed by atoms with Gasteiger partial charge in [0.2, 0.25) is 0 Å². The van der Waals surface area contributed by atoms with Crippen LogP contribution in [0.25, 0.3) is 0 Å². The molecular weight excluding hydrogens is 212 g/mol. The summed E-state index contributed by atoms with van der Waals surface area (Å²) >= 11 is 0. The number of rotatable bonds is 5. The Balaban J connectivity index is 2.99. The number of nitrogens with zero attached hydrogens (tertiary/aromatic N) is 3. The number of nitro groups is 1. The van der Waals surface area contributed by atoms with Crippen molar-refractivity contribution in [3.63, 3.8) is 0 Å². The molecule has 7 heteroatoms. The van der Waals surface area contributed by atoms with Crippen molar-refractivity contribution in [1.82, 2.24) is 4.98 Å². The lowest BCUT2D eigenvalue weighted by Gasteiger charge is -2.04. The van der Waals surface area contributed by atoms with E-state index in [0.717, 1.165) is 0 Å². The molecule has 84 valence electrons. The van der Waals surface area contributed by atoms with Gasteiger partial charge < -0.3 is 10.5 Å². The molecule has 0 bridgehead atoms. The highest BCUT2D eigenvalue weighted by Crippen LogP contribution is 2.27. The Morgan fingerprint density at radius 2 is 2.44 bits per heavy atom. The van der Waals surface area contributed by atoms with Gasteiger partial charge in [0.15, 0.2) is 0 Å². The largest absolute Gasteiger partial charge is 0.473 e. The van der Waals surface area contributed by atoms with Gasteiger partial charge in [-0.1, -0.05) is 0 Å². The van der Waals surface area contributed by atoms with E-state index in [-0.39, 0.29) is 18.1 Å². The predicted molar refractivity (Wildman–Crippen MR) is 54.8 cm³/mol. The third-order valence-electron chi connectivity index (χ3n) is 1.78. The summed E-state index contributed by atoms with van der Waals surface area (Å²) in [6, 6.07) is 2.99. The zero-order chi connectivity index (χ0) is 12.0. The Hall–Kier alpha value is -2.20. The summed E-state index contributed by atoms with van der Waals surface area (Å²) in [5.74, 6) is -0.141. The maximum absolute atomic E-state index is 10.7. The van der Waals surface area contributed by atoms with E-state index in [1.807, 2.05) is 0 Å². The van der Waals surface area contributed by atoms with Crippen LogP contribution in [0.1, 0.15) is 12.0 Å². The van der Waals surface area contributed by atoms with Crippen LogP contribution in [0.4, 0.5) is 5.69 Å². The molecule has 16 heavy (non-hydrogen) atoms. The minimum atomic E-state index is -0.677. The predicted octanol–water partition coefficient (Wildman–Crippen LogP) is 0.589. The first kappa shape index (κ1) is 11.9. The molecule has 0 saturated carbocycles. The highest BCUT2D eigenvalue weighted by atomic mass is 16.6. The van der Waals surface area contributed by atoms with Crippen molar-refractivity contribution in [2.45, 2.75) is 6.42 Å². The second-order valence-corrected chi connectivity index (χ2v) is 2.87. The maximum atomic E-state index is 10.7. The Labute approximate surface area is 91.6 Å². The van der Waals surface area contributed by atoms with E-state index < -0.39 is 10.6 Å². The molecule has 0 aliphatic rings. The lowest BCUT2D eigenvalue weighted by atomic mass is 10.2. The van der Waals surface area contributed by atoms with Crippen LogP contribution in [-0.2, 0) is 0 Å². The number of hydrogen-bond donors (Lipinski definition) is 1. The summed E-state index contributed by atoms with van der Waals surface area (Å²) in [6.07, 6.45) is 1.86. The number of pyridine rings is 1. The highest BCUT2D eigenvalue weighted by Gasteiger charge is 2.22. The zero-order valence-corrected chi connectivity index (χ0v) is 8.42. The van der Waals surface area contributed by atoms with Crippen LogP contribution < -0.4 is 10.5 Å². The van der Waals surface area contributed by atoms with Crippen molar-refractivity contribution in [2.24, 2.45) is 5.73 Å². The fourth-order valence-corrected chi connectivity index (χ4v) is 1.06. The van der Waals surface area contributed by atoms with Crippen LogP contribution >= 0.6 is 0 Å². The first-order valence-corrected chi connectivity index (χ1v) is 4.57. The summed E-state index contributed by atoms with van der Waals surface area (Å²) in [5, 5.41) is 19.4. The molecule has 0 radical (unpaired) electrons. The number of hydrogen-bond acceptors (Lipinski definition) is 6. The van der Waals surface area contributed by atoms with Crippen molar-refractivity contribution in [3.05, 3.63) is 27.9 Å². The van der Waals surface area contributed by atoms with Crippen LogP contribution in [-0.4, -0.2) is 23.1 Å². The first-order chi connectivity index (χ1) is 7.70. The van der Waals surface area contributed by atoms with Gasteiger partial charge in [0.05, 0.1) is 11.5 Å². The summed E-state index contributed by atoms with van der Waals surface area (Å²) in [6.45, 7) is 0.658. The normalized spacial score (nSPS) is 9.50. The minimum absolute atomic E-state index is 0.0669.